The van der Waals surface area contributed by atoms with Crippen molar-refractivity contribution in [1.29, 1.82) is 0 Å². The maximum Gasteiger partial charge on any atom is 0.163 e. The number of anilines is 1. The molecule has 1 atom stereocenters. The first kappa shape index (κ1) is 32.2. The summed E-state index contributed by atoms with van der Waals surface area (Å²) >= 11 is 6.67. The molecule has 2 heterocycles. The standard InChI is InChI=1S/C32H45ClN4O5/c1-6-7-23(39)17-42-25-8-9-27(33)26(16-25)30-35-29(28(21(3)34)22(4)38)20(2)31(36-30)37-18-32(19-37)12-10-24(11-13-32)41-15-14-40-5/h8-9,16,23-24,39H,6-7,10-15,17-19,34H2,1-5H3/t23-/m1/s1. The average Bonchev–Trinajstić information content (AvgIpc) is 2.93. The molecule has 0 radical (unpaired) electrons. The van der Waals surface area contributed by atoms with Crippen LogP contribution >= 0.6 is 11.6 Å². The number of hydrogen-bond donors (Lipinski definition) is 2. The van der Waals surface area contributed by atoms with E-state index in [0.717, 1.165) is 56.6 Å². The van der Waals surface area contributed by atoms with Gasteiger partial charge in [0.05, 0.1) is 41.7 Å². The molecule has 0 bridgehead atoms. The fourth-order valence-corrected chi connectivity index (χ4v) is 6.28. The van der Waals surface area contributed by atoms with E-state index >= 15 is 0 Å². The van der Waals surface area contributed by atoms with Crippen LogP contribution in [0.3, 0.4) is 0 Å². The van der Waals surface area contributed by atoms with Crippen LogP contribution in [0.1, 0.15) is 70.6 Å². The number of ketones is 1. The molecule has 2 aliphatic rings. The van der Waals surface area contributed by atoms with Gasteiger partial charge in [0.25, 0.3) is 0 Å². The number of carbonyl (C=O) groups excluding carboxylic acids is 1. The quantitative estimate of drug-likeness (QED) is 0.232. The van der Waals surface area contributed by atoms with Crippen LogP contribution in [-0.2, 0) is 14.3 Å². The molecule has 42 heavy (non-hydrogen) atoms. The second-order valence-corrected chi connectivity index (χ2v) is 12.2. The zero-order valence-electron chi connectivity index (χ0n) is 25.5. The van der Waals surface area contributed by atoms with E-state index in [1.54, 1.807) is 32.2 Å². The molecule has 4 rings (SSSR count). The van der Waals surface area contributed by atoms with Crippen LogP contribution in [0, 0.1) is 12.3 Å². The number of halogens is 1. The second-order valence-electron chi connectivity index (χ2n) is 11.8. The Balaban J connectivity index is 1.64. The molecule has 1 saturated carbocycles. The number of Topliss-reactive ketones (excluding diaryl/α,β-unsaturated/α-hetero) is 1. The van der Waals surface area contributed by atoms with E-state index < -0.39 is 6.10 Å². The first-order valence-electron chi connectivity index (χ1n) is 14.9. The van der Waals surface area contributed by atoms with Gasteiger partial charge >= 0.3 is 0 Å². The first-order chi connectivity index (χ1) is 20.1. The highest BCUT2D eigenvalue weighted by Crippen LogP contribution is 2.47. The van der Waals surface area contributed by atoms with Gasteiger partial charge in [-0.15, -0.1) is 0 Å². The molecule has 9 nitrogen and oxygen atoms in total. The van der Waals surface area contributed by atoms with Crippen LogP contribution in [0.25, 0.3) is 17.0 Å². The minimum atomic E-state index is -0.551. The number of aromatic nitrogens is 2. The highest BCUT2D eigenvalue weighted by Gasteiger charge is 2.46. The minimum absolute atomic E-state index is 0.159. The maximum atomic E-state index is 12.7. The summed E-state index contributed by atoms with van der Waals surface area (Å²) < 4.78 is 17.0. The summed E-state index contributed by atoms with van der Waals surface area (Å²) in [4.78, 5) is 24.9. The summed E-state index contributed by atoms with van der Waals surface area (Å²) in [5.74, 6) is 1.57. The number of carbonyl (C=O) groups is 1. The number of nitrogens with zero attached hydrogens (tertiary/aromatic N) is 3. The van der Waals surface area contributed by atoms with Crippen molar-refractivity contribution in [3.8, 4) is 17.1 Å². The first-order valence-corrected chi connectivity index (χ1v) is 15.3. The van der Waals surface area contributed by atoms with Gasteiger partial charge in [0.2, 0.25) is 0 Å². The van der Waals surface area contributed by atoms with Gasteiger partial charge in [-0.2, -0.15) is 0 Å². The summed E-state index contributed by atoms with van der Waals surface area (Å²) in [6, 6.07) is 5.29. The molecule has 230 valence electrons. The Hall–Kier alpha value is -2.72. The summed E-state index contributed by atoms with van der Waals surface area (Å²) in [6.45, 7) is 10.4. The van der Waals surface area contributed by atoms with Gasteiger partial charge in [0, 0.05) is 42.4 Å². The predicted molar refractivity (Wildman–Crippen MR) is 166 cm³/mol. The lowest BCUT2D eigenvalue weighted by atomic mass is 9.68. The molecule has 3 N–H and O–H groups in total. The van der Waals surface area contributed by atoms with Crippen LogP contribution in [0.5, 0.6) is 5.75 Å². The topological polar surface area (TPSA) is 120 Å². The Bertz CT molecular complexity index is 1280. The Morgan fingerprint density at radius 3 is 2.55 bits per heavy atom. The minimum Gasteiger partial charge on any atom is -0.491 e. The molecule has 0 unspecified atom stereocenters. The number of hydrogen-bond acceptors (Lipinski definition) is 9. The van der Waals surface area contributed by atoms with Crippen molar-refractivity contribution in [2.45, 2.75) is 78.4 Å². The van der Waals surface area contributed by atoms with Gasteiger partial charge in [-0.05, 0) is 71.1 Å². The van der Waals surface area contributed by atoms with Crippen molar-refractivity contribution in [2.24, 2.45) is 11.1 Å². The summed E-state index contributed by atoms with van der Waals surface area (Å²) in [6.07, 6.45) is 5.53. The van der Waals surface area contributed by atoms with E-state index in [0.29, 0.717) is 58.8 Å². The molecule has 2 aromatic rings. The third-order valence-electron chi connectivity index (χ3n) is 8.33. The molecular formula is C32H45ClN4O5. The largest absolute Gasteiger partial charge is 0.491 e. The van der Waals surface area contributed by atoms with Crippen molar-refractivity contribution in [3.63, 3.8) is 0 Å². The Labute approximate surface area is 254 Å². The second kappa shape index (κ2) is 14.2. The molecule has 1 saturated heterocycles. The summed E-state index contributed by atoms with van der Waals surface area (Å²) in [5.41, 5.74) is 9.14. The van der Waals surface area contributed by atoms with Gasteiger partial charge in [0.15, 0.2) is 11.6 Å². The highest BCUT2D eigenvalue weighted by atomic mass is 35.5. The molecule has 10 heteroatoms. The molecule has 0 amide bonds. The smallest absolute Gasteiger partial charge is 0.163 e. The lowest BCUT2D eigenvalue weighted by Crippen LogP contribution is -2.58. The number of allylic oxidation sites excluding steroid dienone is 2. The van der Waals surface area contributed by atoms with Gasteiger partial charge in [-0.1, -0.05) is 24.9 Å². The fraction of sp³-hybridized carbons (Fsp3) is 0.594. The van der Waals surface area contributed by atoms with Crippen molar-refractivity contribution in [3.05, 3.63) is 40.2 Å². The van der Waals surface area contributed by atoms with Crippen molar-refractivity contribution in [2.75, 3.05) is 44.9 Å². The van der Waals surface area contributed by atoms with Crippen molar-refractivity contribution >= 4 is 28.8 Å². The van der Waals surface area contributed by atoms with E-state index in [2.05, 4.69) is 4.90 Å². The van der Waals surface area contributed by atoms with Crippen molar-refractivity contribution < 1.29 is 24.1 Å². The van der Waals surface area contributed by atoms with E-state index in [1.807, 2.05) is 13.8 Å². The fourth-order valence-electron chi connectivity index (χ4n) is 6.08. The lowest BCUT2D eigenvalue weighted by Gasteiger charge is -2.54. The number of nitrogens with two attached hydrogens (primary N) is 1. The molecule has 1 aromatic heterocycles. The Morgan fingerprint density at radius 1 is 1.21 bits per heavy atom. The van der Waals surface area contributed by atoms with Crippen LogP contribution in [-0.4, -0.2) is 73.1 Å². The summed E-state index contributed by atoms with van der Waals surface area (Å²) in [7, 11) is 1.69. The lowest BCUT2D eigenvalue weighted by molar-refractivity contribution is -0.111. The van der Waals surface area contributed by atoms with Crippen LogP contribution < -0.4 is 15.4 Å². The van der Waals surface area contributed by atoms with Gasteiger partial charge in [-0.25, -0.2) is 9.97 Å². The van der Waals surface area contributed by atoms with Gasteiger partial charge in [-0.3, -0.25) is 4.79 Å². The average molecular weight is 601 g/mol. The number of aliphatic hydroxyl groups is 1. The number of aliphatic hydroxyl groups excluding tert-OH is 1. The van der Waals surface area contributed by atoms with Crippen LogP contribution in [0.4, 0.5) is 5.82 Å². The molecule has 1 aromatic carbocycles. The van der Waals surface area contributed by atoms with E-state index in [1.165, 1.54) is 6.92 Å². The molecular weight excluding hydrogens is 556 g/mol. The summed E-state index contributed by atoms with van der Waals surface area (Å²) in [5, 5.41) is 10.6. The number of ether oxygens (including phenoxy) is 3. The third-order valence-corrected chi connectivity index (χ3v) is 8.66. The third kappa shape index (κ3) is 7.43. The number of rotatable bonds is 13. The molecule has 1 spiro atoms. The van der Waals surface area contributed by atoms with E-state index in [4.69, 9.17) is 41.5 Å². The normalized spacial score (nSPS) is 18.0. The highest BCUT2D eigenvalue weighted by molar-refractivity contribution is 6.33. The Morgan fingerprint density at radius 2 is 1.93 bits per heavy atom. The van der Waals surface area contributed by atoms with Gasteiger partial charge in [0.1, 0.15) is 18.2 Å². The monoisotopic (exact) mass is 600 g/mol. The SMILES string of the molecule is CCC[C@@H](O)COc1ccc(Cl)c(-c2nc(C(C(C)=O)=C(C)N)c(C)c(N3CC4(CCC(OCCOC)CC4)C3)n2)c1. The van der Waals surface area contributed by atoms with Crippen molar-refractivity contribution in [1.82, 2.24) is 9.97 Å². The predicted octanol–water partition coefficient (Wildman–Crippen LogP) is 5.34. The van der Waals surface area contributed by atoms with E-state index in [9.17, 15) is 9.90 Å². The number of benzene rings is 1. The zero-order chi connectivity index (χ0) is 30.4. The van der Waals surface area contributed by atoms with Crippen LogP contribution in [0.15, 0.2) is 23.9 Å². The number of methoxy groups -OCH3 is 1. The molecule has 1 aliphatic carbocycles. The van der Waals surface area contributed by atoms with E-state index in [-0.39, 0.29) is 23.9 Å². The Kier molecular flexibility index (Phi) is 10.9. The molecule has 2 fully saturated rings. The zero-order valence-corrected chi connectivity index (χ0v) is 26.3. The van der Waals surface area contributed by atoms with Crippen LogP contribution in [0.2, 0.25) is 5.02 Å². The maximum absolute atomic E-state index is 12.7. The van der Waals surface area contributed by atoms with Gasteiger partial charge < -0.3 is 30.0 Å². The molecule has 1 aliphatic heterocycles.